The molecule has 2 aromatic rings. The third kappa shape index (κ3) is 5.38. The van der Waals surface area contributed by atoms with Gasteiger partial charge in [-0.25, -0.2) is 13.1 Å². The quantitative estimate of drug-likeness (QED) is 0.609. The van der Waals surface area contributed by atoms with Gasteiger partial charge in [0.2, 0.25) is 21.8 Å². The molecule has 0 bridgehead atoms. The Labute approximate surface area is 157 Å². The van der Waals surface area contributed by atoms with Crippen molar-refractivity contribution in [1.82, 2.24) is 15.2 Å². The molecule has 0 spiro atoms. The summed E-state index contributed by atoms with van der Waals surface area (Å²) in [7, 11) is -3.94. The van der Waals surface area contributed by atoms with Crippen LogP contribution in [-0.2, 0) is 26.0 Å². The second-order valence-corrected chi connectivity index (χ2v) is 7.52. The van der Waals surface area contributed by atoms with Crippen molar-refractivity contribution >= 4 is 27.5 Å². The second-order valence-electron chi connectivity index (χ2n) is 5.81. The molecule has 0 aliphatic carbocycles. The van der Waals surface area contributed by atoms with E-state index in [9.17, 15) is 18.0 Å². The van der Waals surface area contributed by atoms with Crippen molar-refractivity contribution in [3.05, 3.63) is 41.3 Å². The number of carbonyl (C=O) groups excluding carboxylic acids is 2. The molecule has 1 aromatic carbocycles. The van der Waals surface area contributed by atoms with Gasteiger partial charge < -0.3 is 15.2 Å². The molecule has 0 saturated heterocycles. The van der Waals surface area contributed by atoms with Crippen molar-refractivity contribution in [3.63, 3.8) is 0 Å². The maximum Gasteiger partial charge on any atom is 0.246 e. The number of amides is 2. The Morgan fingerprint density at radius 3 is 2.44 bits per heavy atom. The molecule has 0 fully saturated rings. The van der Waals surface area contributed by atoms with Crippen molar-refractivity contribution < 1.29 is 22.5 Å². The number of aromatic nitrogens is 1. The Hall–Kier alpha value is -2.72. The number of anilines is 1. The lowest BCUT2D eigenvalue weighted by Gasteiger charge is -2.10. The summed E-state index contributed by atoms with van der Waals surface area (Å²) in [6.45, 7) is 4.14. The summed E-state index contributed by atoms with van der Waals surface area (Å²) in [6, 6.07) is 7.35. The van der Waals surface area contributed by atoms with Crippen molar-refractivity contribution in [3.8, 4) is 0 Å². The van der Waals surface area contributed by atoms with Gasteiger partial charge in [0.15, 0.2) is 5.76 Å². The van der Waals surface area contributed by atoms with E-state index in [4.69, 9.17) is 4.52 Å². The minimum Gasteiger partial charge on any atom is -0.360 e. The number of para-hydroxylation sites is 1. The number of nitrogens with one attached hydrogen (secondary N) is 3. The predicted molar refractivity (Wildman–Crippen MR) is 98.6 cm³/mol. The van der Waals surface area contributed by atoms with E-state index in [-0.39, 0.29) is 22.9 Å². The Morgan fingerprint density at radius 2 is 1.81 bits per heavy atom. The number of nitrogens with zero attached hydrogens (tertiary/aromatic N) is 1. The molecule has 146 valence electrons. The van der Waals surface area contributed by atoms with Crippen LogP contribution in [-0.4, -0.2) is 38.5 Å². The Morgan fingerprint density at radius 1 is 1.11 bits per heavy atom. The molecule has 0 unspecified atom stereocenters. The number of rotatable bonds is 8. The van der Waals surface area contributed by atoms with Crippen LogP contribution in [0.5, 0.6) is 0 Å². The van der Waals surface area contributed by atoms with Gasteiger partial charge in [-0.2, -0.15) is 0 Å². The first kappa shape index (κ1) is 20.6. The molecule has 0 saturated carbocycles. The van der Waals surface area contributed by atoms with E-state index in [1.54, 1.807) is 12.1 Å². The zero-order valence-corrected chi connectivity index (χ0v) is 16.1. The summed E-state index contributed by atoms with van der Waals surface area (Å²) < 4.78 is 31.4. The molecule has 9 nitrogen and oxygen atoms in total. The van der Waals surface area contributed by atoms with Crippen molar-refractivity contribution in [2.24, 2.45) is 0 Å². The molecule has 2 amide bonds. The molecule has 0 radical (unpaired) electrons. The average molecular weight is 394 g/mol. The number of benzene rings is 1. The zero-order valence-electron chi connectivity index (χ0n) is 15.3. The summed E-state index contributed by atoms with van der Waals surface area (Å²) in [4.78, 5) is 23.7. The highest BCUT2D eigenvalue weighted by atomic mass is 32.2. The van der Waals surface area contributed by atoms with E-state index in [0.717, 1.165) is 12.0 Å². The van der Waals surface area contributed by atoms with Crippen LogP contribution in [0.25, 0.3) is 0 Å². The summed E-state index contributed by atoms with van der Waals surface area (Å²) >= 11 is 0. The molecule has 1 heterocycles. The fourth-order valence-corrected chi connectivity index (χ4v) is 3.78. The van der Waals surface area contributed by atoms with Crippen LogP contribution in [0.2, 0.25) is 0 Å². The molecule has 27 heavy (non-hydrogen) atoms. The maximum atomic E-state index is 12.2. The van der Waals surface area contributed by atoms with E-state index < -0.39 is 28.4 Å². The van der Waals surface area contributed by atoms with Gasteiger partial charge in [0, 0.05) is 5.69 Å². The Bertz CT molecular complexity index is 917. The molecule has 1 aromatic heterocycles. The van der Waals surface area contributed by atoms with Crippen LogP contribution in [0, 0.1) is 13.8 Å². The number of hydrogen-bond donors (Lipinski definition) is 3. The van der Waals surface area contributed by atoms with Gasteiger partial charge in [-0.3, -0.25) is 9.59 Å². The highest BCUT2D eigenvalue weighted by Crippen LogP contribution is 2.18. The van der Waals surface area contributed by atoms with E-state index >= 15 is 0 Å². The SMILES string of the molecule is CCc1ccccc1NC(=O)CNC(=O)CNS(=O)(=O)c1c(C)noc1C. The van der Waals surface area contributed by atoms with Crippen LogP contribution in [0.3, 0.4) is 0 Å². The highest BCUT2D eigenvalue weighted by molar-refractivity contribution is 7.89. The van der Waals surface area contributed by atoms with Crippen molar-refractivity contribution in [1.29, 1.82) is 0 Å². The molecular formula is C17H22N4O5S. The standard InChI is InChI=1S/C17H22N4O5S/c1-4-13-7-5-6-8-14(13)20-16(23)9-18-15(22)10-19-27(24,25)17-11(2)21-26-12(17)3/h5-8,19H,4,9-10H2,1-3H3,(H,18,22)(H,20,23). The van der Waals surface area contributed by atoms with Crippen LogP contribution < -0.4 is 15.4 Å². The van der Waals surface area contributed by atoms with E-state index in [1.807, 2.05) is 19.1 Å². The van der Waals surface area contributed by atoms with Gasteiger partial charge in [-0.15, -0.1) is 0 Å². The van der Waals surface area contributed by atoms with Crippen molar-refractivity contribution in [2.45, 2.75) is 32.1 Å². The van der Waals surface area contributed by atoms with Crippen molar-refractivity contribution in [2.75, 3.05) is 18.4 Å². The largest absolute Gasteiger partial charge is 0.360 e. The molecule has 0 aliphatic heterocycles. The molecule has 2 rings (SSSR count). The van der Waals surface area contributed by atoms with Gasteiger partial charge in [-0.05, 0) is 31.9 Å². The van der Waals surface area contributed by atoms with Crippen LogP contribution in [0.4, 0.5) is 5.69 Å². The fourth-order valence-electron chi connectivity index (χ4n) is 2.48. The van der Waals surface area contributed by atoms with Crippen LogP contribution >= 0.6 is 0 Å². The molecule has 3 N–H and O–H groups in total. The second kappa shape index (κ2) is 8.78. The van der Waals surface area contributed by atoms with E-state index in [1.165, 1.54) is 13.8 Å². The van der Waals surface area contributed by atoms with E-state index in [2.05, 4.69) is 20.5 Å². The maximum absolute atomic E-state index is 12.2. The Balaban J connectivity index is 1.85. The summed E-state index contributed by atoms with van der Waals surface area (Å²) in [5, 5.41) is 8.66. The first-order chi connectivity index (χ1) is 12.7. The van der Waals surface area contributed by atoms with Gasteiger partial charge in [0.05, 0.1) is 13.1 Å². The van der Waals surface area contributed by atoms with Gasteiger partial charge >= 0.3 is 0 Å². The normalized spacial score (nSPS) is 11.2. The third-order valence-electron chi connectivity index (χ3n) is 3.78. The molecular weight excluding hydrogens is 372 g/mol. The van der Waals surface area contributed by atoms with Crippen LogP contribution in [0.1, 0.15) is 23.9 Å². The summed E-state index contributed by atoms with van der Waals surface area (Å²) in [5.41, 5.74) is 1.86. The number of aryl methyl sites for hydroxylation is 3. The first-order valence-corrected chi connectivity index (χ1v) is 9.80. The smallest absolute Gasteiger partial charge is 0.246 e. The fraction of sp³-hybridized carbons (Fsp3) is 0.353. The monoisotopic (exact) mass is 394 g/mol. The third-order valence-corrected chi connectivity index (χ3v) is 5.42. The van der Waals surface area contributed by atoms with Gasteiger partial charge in [0.25, 0.3) is 0 Å². The lowest BCUT2D eigenvalue weighted by Crippen LogP contribution is -2.40. The lowest BCUT2D eigenvalue weighted by molar-refractivity contribution is -0.123. The zero-order chi connectivity index (χ0) is 20.0. The number of hydrogen-bond acceptors (Lipinski definition) is 6. The number of sulfonamides is 1. The summed E-state index contributed by atoms with van der Waals surface area (Å²) in [6.07, 6.45) is 0.756. The Kier molecular flexibility index (Phi) is 6.70. The molecule has 10 heteroatoms. The topological polar surface area (TPSA) is 130 Å². The minimum absolute atomic E-state index is 0.0933. The van der Waals surface area contributed by atoms with Gasteiger partial charge in [0.1, 0.15) is 10.6 Å². The average Bonchev–Trinajstić information content (AvgIpc) is 2.98. The molecule has 0 aliphatic rings. The summed E-state index contributed by atoms with van der Waals surface area (Å²) in [5.74, 6) is -0.906. The van der Waals surface area contributed by atoms with Gasteiger partial charge in [-0.1, -0.05) is 30.3 Å². The highest BCUT2D eigenvalue weighted by Gasteiger charge is 2.24. The molecule has 0 atom stereocenters. The van der Waals surface area contributed by atoms with E-state index in [0.29, 0.717) is 5.69 Å². The first-order valence-electron chi connectivity index (χ1n) is 8.31. The lowest BCUT2D eigenvalue weighted by atomic mass is 10.1. The number of carbonyl (C=O) groups is 2. The predicted octanol–water partition coefficient (Wildman–Crippen LogP) is 0.887. The van der Waals surface area contributed by atoms with Crippen LogP contribution in [0.15, 0.2) is 33.7 Å². The minimum atomic E-state index is -3.94.